The Bertz CT molecular complexity index is 1610. The van der Waals surface area contributed by atoms with E-state index in [1.54, 1.807) is 12.4 Å². The number of halogens is 1. The maximum absolute atomic E-state index is 12.0. The minimum Gasteiger partial charge on any atom is -0.444 e. The highest BCUT2D eigenvalue weighted by atomic mass is 35.5. The molecule has 0 aromatic carbocycles. The molecule has 0 aliphatic heterocycles. The third kappa shape index (κ3) is 12.8. The van der Waals surface area contributed by atoms with Crippen LogP contribution in [-0.4, -0.2) is 65.1 Å². The van der Waals surface area contributed by atoms with Gasteiger partial charge in [-0.3, -0.25) is 0 Å². The molecule has 2 saturated carbocycles. The molecule has 1 amide bonds. The van der Waals surface area contributed by atoms with Gasteiger partial charge in [0.05, 0.1) is 12.4 Å². The smallest absolute Gasteiger partial charge is 0.407 e. The molecule has 0 spiro atoms. The minimum absolute atomic E-state index is 0. The number of nitrogens with one attached hydrogen (secondary N) is 3. The predicted molar refractivity (Wildman–Crippen MR) is 227 cm³/mol. The van der Waals surface area contributed by atoms with Gasteiger partial charge in [-0.1, -0.05) is 27.7 Å². The highest BCUT2D eigenvalue weighted by Gasteiger charge is 2.28. The van der Waals surface area contributed by atoms with Crippen LogP contribution in [0.25, 0.3) is 11.3 Å². The van der Waals surface area contributed by atoms with Crippen molar-refractivity contribution in [2.75, 3.05) is 10.6 Å². The van der Waals surface area contributed by atoms with Crippen LogP contribution >= 0.6 is 66.4 Å². The molecule has 17 heteroatoms. The lowest BCUT2D eigenvalue weighted by Crippen LogP contribution is -2.38. The van der Waals surface area contributed by atoms with Crippen molar-refractivity contribution < 1.29 is 9.53 Å². The summed E-state index contributed by atoms with van der Waals surface area (Å²) < 4.78 is 9.05. The first-order valence-electron chi connectivity index (χ1n) is 16.3. The molecule has 4 aromatic heterocycles. The Balaban J connectivity index is 0.000000904. The Labute approximate surface area is 330 Å². The zero-order chi connectivity index (χ0) is 32.3. The molecule has 2 aliphatic carbocycles. The molecule has 0 saturated heterocycles. The Morgan fingerprint density at radius 1 is 0.780 bits per heavy atom. The van der Waals surface area contributed by atoms with E-state index in [9.17, 15) is 4.79 Å². The summed E-state index contributed by atoms with van der Waals surface area (Å²) in [6.07, 6.45) is 9.25. The van der Waals surface area contributed by atoms with Gasteiger partial charge in [-0.25, -0.2) is 14.8 Å². The molecule has 0 radical (unpaired) electrons. The normalized spacial score (nSPS) is 19.6. The second-order valence-electron chi connectivity index (χ2n) is 14.1. The first-order chi connectivity index (χ1) is 21.3. The maximum atomic E-state index is 12.0. The van der Waals surface area contributed by atoms with Crippen LogP contribution in [0.3, 0.4) is 0 Å². The van der Waals surface area contributed by atoms with Crippen molar-refractivity contribution in [1.29, 1.82) is 0 Å². The number of alkyl carbamates (subject to hydrolysis) is 1. The molecular formula is C33H59ClN10O2S4. The van der Waals surface area contributed by atoms with Crippen molar-refractivity contribution in [1.82, 2.24) is 34.5 Å². The van der Waals surface area contributed by atoms with E-state index in [1.165, 1.54) is 0 Å². The van der Waals surface area contributed by atoms with Crippen LogP contribution in [0.2, 0.25) is 0 Å². The molecule has 4 heterocycles. The number of nitrogens with zero attached hydrogens (tertiary/aromatic N) is 6. The number of ether oxygens (including phenoxy) is 1. The Hall–Kier alpha value is -2.24. The topological polar surface area (TPSA) is 149 Å². The average molecular weight is 792 g/mol. The fourth-order valence-electron chi connectivity index (χ4n) is 5.95. The van der Waals surface area contributed by atoms with Gasteiger partial charge < -0.3 is 26.4 Å². The number of rotatable bonds is 7. The number of carbonyl (C=O) groups is 1. The Kier molecular flexibility index (Phi) is 19.8. The molecule has 4 aromatic rings. The standard InChI is InChI=1S/C19H29N5O2.C14H21N5.ClH.4H2S/c1-12(2)15-11-17(24-16(23-15)8-9-20-24)21-13-6-7-14(10-13)22-18(25)26-19(3,4)5;1-9(2)12-8-14(17-11-4-3-10(15)7-11)19-13(18-12)5-6-16-19;;;;;/h8-9,11-14,21H,6-7,10H2,1-5H3,(H,22,25);5-6,8-11,17H,3-4,7,15H2,1-2H3;1H;4*1H2/t13-,14-;10-,11-;;;;;/m00...../s1. The van der Waals surface area contributed by atoms with Gasteiger partial charge in [0.15, 0.2) is 11.3 Å². The number of aromatic nitrogens is 6. The van der Waals surface area contributed by atoms with Crippen molar-refractivity contribution >= 4 is 95.4 Å². The summed E-state index contributed by atoms with van der Waals surface area (Å²) >= 11 is 0. The van der Waals surface area contributed by atoms with E-state index < -0.39 is 5.60 Å². The van der Waals surface area contributed by atoms with Crippen molar-refractivity contribution in [2.24, 2.45) is 5.73 Å². The number of fused-ring (bicyclic) bond motifs is 2. The highest BCUT2D eigenvalue weighted by Crippen LogP contribution is 2.26. The number of hydrogen-bond acceptors (Lipinski definition) is 9. The first kappa shape index (κ1) is 47.8. The molecule has 5 N–H and O–H groups in total. The maximum Gasteiger partial charge on any atom is 0.407 e. The average Bonchev–Trinajstić information content (AvgIpc) is 3.76. The number of amides is 1. The van der Waals surface area contributed by atoms with Crippen molar-refractivity contribution in [3.05, 3.63) is 48.0 Å². The first-order valence-corrected chi connectivity index (χ1v) is 16.3. The summed E-state index contributed by atoms with van der Waals surface area (Å²) in [7, 11) is 0. The zero-order valence-corrected chi connectivity index (χ0v) is 35.0. The molecule has 2 aliphatic rings. The van der Waals surface area contributed by atoms with Crippen LogP contribution in [0.5, 0.6) is 0 Å². The van der Waals surface area contributed by atoms with Crippen LogP contribution in [0.15, 0.2) is 36.7 Å². The molecule has 4 atom stereocenters. The zero-order valence-electron chi connectivity index (χ0n) is 30.2. The summed E-state index contributed by atoms with van der Waals surface area (Å²) in [4.78, 5) is 21.2. The lowest BCUT2D eigenvalue weighted by atomic mass is 10.1. The second-order valence-corrected chi connectivity index (χ2v) is 14.1. The summed E-state index contributed by atoms with van der Waals surface area (Å²) in [5.41, 5.74) is 9.38. The lowest BCUT2D eigenvalue weighted by Gasteiger charge is -2.22. The molecule has 0 bridgehead atoms. The van der Waals surface area contributed by atoms with Gasteiger partial charge in [-0.05, 0) is 71.1 Å². The van der Waals surface area contributed by atoms with E-state index in [-0.39, 0.29) is 84.6 Å². The number of hydrogen-bond donors (Lipinski definition) is 4. The van der Waals surface area contributed by atoms with Gasteiger partial charge in [0.1, 0.15) is 17.2 Å². The van der Waals surface area contributed by atoms with Crippen molar-refractivity contribution in [3.8, 4) is 0 Å². The summed E-state index contributed by atoms with van der Waals surface area (Å²) in [6, 6.07) is 9.22. The lowest BCUT2D eigenvalue weighted by molar-refractivity contribution is 0.0505. The van der Waals surface area contributed by atoms with E-state index >= 15 is 0 Å². The predicted octanol–water partition coefficient (Wildman–Crippen LogP) is 6.73. The Morgan fingerprint density at radius 2 is 1.22 bits per heavy atom. The van der Waals surface area contributed by atoms with Gasteiger partial charge in [-0.15, -0.1) is 12.4 Å². The summed E-state index contributed by atoms with van der Waals surface area (Å²) in [5, 5.41) is 18.8. The molecular weight excluding hydrogens is 732 g/mol. The molecule has 0 unspecified atom stereocenters. The van der Waals surface area contributed by atoms with E-state index in [0.29, 0.717) is 23.9 Å². The largest absolute Gasteiger partial charge is 0.444 e. The molecule has 2 fully saturated rings. The molecule has 50 heavy (non-hydrogen) atoms. The number of carbonyl (C=O) groups excluding carboxylic acids is 1. The van der Waals surface area contributed by atoms with Crippen molar-refractivity contribution in [3.63, 3.8) is 0 Å². The monoisotopic (exact) mass is 790 g/mol. The quantitative estimate of drug-likeness (QED) is 0.160. The molecule has 284 valence electrons. The summed E-state index contributed by atoms with van der Waals surface area (Å²) in [6.45, 7) is 14.2. The van der Waals surface area contributed by atoms with E-state index in [1.807, 2.05) is 41.9 Å². The third-order valence-electron chi connectivity index (χ3n) is 8.27. The second kappa shape index (κ2) is 20.7. The third-order valence-corrected chi connectivity index (χ3v) is 8.27. The highest BCUT2D eigenvalue weighted by molar-refractivity contribution is 7.59. The van der Waals surface area contributed by atoms with E-state index in [2.05, 4.69) is 75.9 Å². The van der Waals surface area contributed by atoms with Gasteiger partial charge in [0, 0.05) is 59.8 Å². The molecule has 6 rings (SSSR count). The number of anilines is 2. The SMILES string of the molecule is CC(C)c1cc(N[C@H]2CC[C@H](N)C2)n2nccc2n1.CC(C)c1cc(N[C@H]2CC[C@H](NC(=O)OC(C)(C)C)C2)n2nccc2n1.Cl.S.S.S.S. The van der Waals surface area contributed by atoms with E-state index in [0.717, 1.165) is 72.8 Å². The van der Waals surface area contributed by atoms with Gasteiger partial charge in [0.2, 0.25) is 0 Å². The fourth-order valence-corrected chi connectivity index (χ4v) is 5.95. The summed E-state index contributed by atoms with van der Waals surface area (Å²) in [5.74, 6) is 2.73. The van der Waals surface area contributed by atoms with Crippen molar-refractivity contribution in [2.45, 2.75) is 129 Å². The van der Waals surface area contributed by atoms with Crippen LogP contribution in [0.4, 0.5) is 16.4 Å². The van der Waals surface area contributed by atoms with Crippen LogP contribution in [0, 0.1) is 0 Å². The van der Waals surface area contributed by atoms with E-state index in [4.69, 9.17) is 10.5 Å². The van der Waals surface area contributed by atoms with Gasteiger partial charge in [-0.2, -0.15) is 73.2 Å². The fraction of sp³-hybridized carbons (Fsp3) is 0.606. The minimum atomic E-state index is -0.476. The van der Waals surface area contributed by atoms with Crippen LogP contribution in [-0.2, 0) is 4.74 Å². The molecule has 12 nitrogen and oxygen atoms in total. The number of nitrogens with two attached hydrogens (primary N) is 1. The van der Waals surface area contributed by atoms with Gasteiger partial charge >= 0.3 is 6.09 Å². The van der Waals surface area contributed by atoms with Crippen LogP contribution < -0.4 is 21.7 Å². The Morgan fingerprint density at radius 3 is 1.64 bits per heavy atom. The van der Waals surface area contributed by atoms with Crippen LogP contribution in [0.1, 0.15) is 110 Å². The van der Waals surface area contributed by atoms with Gasteiger partial charge in [0.25, 0.3) is 0 Å².